The summed E-state index contributed by atoms with van der Waals surface area (Å²) in [5.74, 6) is 0.913. The van der Waals surface area contributed by atoms with Crippen LogP contribution in [0.3, 0.4) is 0 Å². The zero-order valence-electron chi connectivity index (χ0n) is 5.77. The van der Waals surface area contributed by atoms with Gasteiger partial charge in [0.15, 0.2) is 0 Å². The number of rotatable bonds is 2. The molecule has 0 bridgehead atoms. The molecule has 0 aromatic carbocycles. The molecule has 2 rings (SSSR count). The normalized spacial score (nSPS) is 36.3. The Morgan fingerprint density at radius 2 is 2.22 bits per heavy atom. The van der Waals surface area contributed by atoms with Crippen LogP contribution in [0.1, 0.15) is 32.1 Å². The van der Waals surface area contributed by atoms with Crippen molar-refractivity contribution in [3.05, 3.63) is 0 Å². The van der Waals surface area contributed by atoms with E-state index in [1.165, 1.54) is 25.7 Å². The molecule has 1 spiro atoms. The zero-order chi connectivity index (χ0) is 6.32. The lowest BCUT2D eigenvalue weighted by atomic mass is 9.79. The van der Waals surface area contributed by atoms with Crippen molar-refractivity contribution in [1.82, 2.24) is 0 Å². The Hall–Kier alpha value is -0.0400. The van der Waals surface area contributed by atoms with E-state index in [-0.39, 0.29) is 0 Å². The molecule has 0 heterocycles. The molecule has 9 heavy (non-hydrogen) atoms. The molecule has 0 aromatic rings. The highest BCUT2D eigenvalue weighted by molar-refractivity contribution is 5.06. The van der Waals surface area contributed by atoms with Gasteiger partial charge in [0, 0.05) is 6.61 Å². The fraction of sp³-hybridized carbons (Fsp3) is 1.00. The highest BCUT2D eigenvalue weighted by Gasteiger charge is 2.56. The molecule has 2 aliphatic rings. The molecule has 2 aliphatic carbocycles. The van der Waals surface area contributed by atoms with E-state index in [1.807, 2.05) is 0 Å². The molecule has 1 heteroatoms. The fourth-order valence-corrected chi connectivity index (χ4v) is 2.24. The molecular weight excluding hydrogens is 112 g/mol. The molecule has 0 aliphatic heterocycles. The van der Waals surface area contributed by atoms with Crippen LogP contribution in [-0.2, 0) is 0 Å². The summed E-state index contributed by atoms with van der Waals surface area (Å²) in [5.41, 5.74) is 0.780. The van der Waals surface area contributed by atoms with Crippen molar-refractivity contribution in [3.8, 4) is 0 Å². The third-order valence-corrected chi connectivity index (χ3v) is 3.19. The molecule has 0 radical (unpaired) electrons. The van der Waals surface area contributed by atoms with Crippen LogP contribution in [0.15, 0.2) is 0 Å². The van der Waals surface area contributed by atoms with E-state index < -0.39 is 0 Å². The van der Waals surface area contributed by atoms with Crippen LogP contribution in [0.2, 0.25) is 0 Å². The summed E-state index contributed by atoms with van der Waals surface area (Å²) in [6, 6.07) is 0. The van der Waals surface area contributed by atoms with Gasteiger partial charge in [0.05, 0.1) is 0 Å². The topological polar surface area (TPSA) is 20.2 Å². The first-order chi connectivity index (χ1) is 4.37. The number of aliphatic hydroxyl groups excluding tert-OH is 1. The van der Waals surface area contributed by atoms with Gasteiger partial charge in [-0.25, -0.2) is 0 Å². The van der Waals surface area contributed by atoms with Gasteiger partial charge < -0.3 is 5.11 Å². The summed E-state index contributed by atoms with van der Waals surface area (Å²) in [4.78, 5) is 0. The van der Waals surface area contributed by atoms with Gasteiger partial charge in [0.1, 0.15) is 0 Å². The van der Waals surface area contributed by atoms with Crippen LogP contribution >= 0.6 is 0 Å². The van der Waals surface area contributed by atoms with Gasteiger partial charge >= 0.3 is 0 Å². The monoisotopic (exact) mass is 126 g/mol. The smallest absolute Gasteiger partial charge is 0.0433 e. The lowest BCUT2D eigenvalue weighted by Crippen LogP contribution is -2.14. The molecule has 2 saturated carbocycles. The Morgan fingerprint density at radius 3 is 2.56 bits per heavy atom. The molecule has 0 amide bonds. The van der Waals surface area contributed by atoms with Crippen LogP contribution in [-0.4, -0.2) is 11.7 Å². The van der Waals surface area contributed by atoms with Gasteiger partial charge in [-0.2, -0.15) is 0 Å². The maximum atomic E-state index is 8.63. The highest BCUT2D eigenvalue weighted by atomic mass is 16.3. The maximum absolute atomic E-state index is 8.63. The second kappa shape index (κ2) is 1.72. The molecule has 1 N–H and O–H groups in total. The minimum atomic E-state index is 0.409. The minimum absolute atomic E-state index is 0.409. The van der Waals surface area contributed by atoms with Crippen LogP contribution in [0.5, 0.6) is 0 Å². The van der Waals surface area contributed by atoms with Gasteiger partial charge in [-0.15, -0.1) is 0 Å². The van der Waals surface area contributed by atoms with Crippen LogP contribution in [0.4, 0.5) is 0 Å². The van der Waals surface area contributed by atoms with Gasteiger partial charge in [-0.1, -0.05) is 6.42 Å². The van der Waals surface area contributed by atoms with Crippen molar-refractivity contribution in [2.45, 2.75) is 32.1 Å². The molecule has 0 saturated heterocycles. The predicted octanol–water partition coefficient (Wildman–Crippen LogP) is 1.56. The summed E-state index contributed by atoms with van der Waals surface area (Å²) in [6.07, 6.45) is 6.85. The third-order valence-electron chi connectivity index (χ3n) is 3.19. The summed E-state index contributed by atoms with van der Waals surface area (Å²) >= 11 is 0. The average Bonchev–Trinajstić information content (AvgIpc) is 2.41. The summed E-state index contributed by atoms with van der Waals surface area (Å²) in [5, 5.41) is 8.63. The van der Waals surface area contributed by atoms with Gasteiger partial charge in [0.25, 0.3) is 0 Å². The maximum Gasteiger partial charge on any atom is 0.0433 e. The van der Waals surface area contributed by atoms with Gasteiger partial charge in [-0.05, 0) is 37.0 Å². The van der Waals surface area contributed by atoms with Crippen molar-refractivity contribution < 1.29 is 5.11 Å². The first kappa shape index (κ1) is 5.72. The fourth-order valence-electron chi connectivity index (χ4n) is 2.24. The standard InChI is InChI=1S/C8H14O/c9-5-2-7-6-8(7)3-1-4-8/h7,9H,1-6H2. The summed E-state index contributed by atoms with van der Waals surface area (Å²) < 4.78 is 0. The van der Waals surface area contributed by atoms with E-state index in [1.54, 1.807) is 0 Å². The minimum Gasteiger partial charge on any atom is -0.396 e. The second-order valence-electron chi connectivity index (χ2n) is 3.63. The largest absolute Gasteiger partial charge is 0.396 e. The number of hydrogen-bond acceptors (Lipinski definition) is 1. The quantitative estimate of drug-likeness (QED) is 0.595. The van der Waals surface area contributed by atoms with Crippen molar-refractivity contribution in [1.29, 1.82) is 0 Å². The first-order valence-electron chi connectivity index (χ1n) is 3.98. The van der Waals surface area contributed by atoms with Crippen molar-refractivity contribution in [3.63, 3.8) is 0 Å². The number of hydrogen-bond donors (Lipinski definition) is 1. The van der Waals surface area contributed by atoms with E-state index in [0.717, 1.165) is 17.8 Å². The van der Waals surface area contributed by atoms with E-state index >= 15 is 0 Å². The Balaban J connectivity index is 1.80. The second-order valence-corrected chi connectivity index (χ2v) is 3.63. The van der Waals surface area contributed by atoms with E-state index in [4.69, 9.17) is 5.11 Å². The molecule has 52 valence electrons. The average molecular weight is 126 g/mol. The Kier molecular flexibility index (Phi) is 1.10. The van der Waals surface area contributed by atoms with Crippen molar-refractivity contribution in [2.75, 3.05) is 6.61 Å². The first-order valence-corrected chi connectivity index (χ1v) is 3.98. The molecule has 1 unspecified atom stereocenters. The molecule has 1 atom stereocenters. The van der Waals surface area contributed by atoms with Crippen LogP contribution in [0.25, 0.3) is 0 Å². The summed E-state index contributed by atoms with van der Waals surface area (Å²) in [6.45, 7) is 0.409. The van der Waals surface area contributed by atoms with Gasteiger partial charge in [-0.3, -0.25) is 0 Å². The van der Waals surface area contributed by atoms with Crippen LogP contribution < -0.4 is 0 Å². The Morgan fingerprint density at radius 1 is 1.44 bits per heavy atom. The van der Waals surface area contributed by atoms with Crippen molar-refractivity contribution >= 4 is 0 Å². The Bertz CT molecular complexity index is 114. The zero-order valence-corrected chi connectivity index (χ0v) is 5.77. The van der Waals surface area contributed by atoms with E-state index in [2.05, 4.69) is 0 Å². The summed E-state index contributed by atoms with van der Waals surface area (Å²) in [7, 11) is 0. The van der Waals surface area contributed by atoms with Crippen LogP contribution in [0, 0.1) is 11.3 Å². The molecule has 1 nitrogen and oxygen atoms in total. The molecular formula is C8H14O. The lowest BCUT2D eigenvalue weighted by Gasteiger charge is -2.26. The number of aliphatic hydroxyl groups is 1. The predicted molar refractivity (Wildman–Crippen MR) is 36.1 cm³/mol. The Labute approximate surface area is 56.1 Å². The van der Waals surface area contributed by atoms with E-state index in [9.17, 15) is 0 Å². The van der Waals surface area contributed by atoms with Crippen molar-refractivity contribution in [2.24, 2.45) is 11.3 Å². The third kappa shape index (κ3) is 0.710. The molecule has 0 aromatic heterocycles. The van der Waals surface area contributed by atoms with Gasteiger partial charge in [0.2, 0.25) is 0 Å². The SMILES string of the molecule is OCCC1CC12CCC2. The lowest BCUT2D eigenvalue weighted by molar-refractivity contribution is 0.221. The molecule has 2 fully saturated rings. The van der Waals surface area contributed by atoms with E-state index in [0.29, 0.717) is 6.61 Å². The highest BCUT2D eigenvalue weighted by Crippen LogP contribution is 2.66.